The summed E-state index contributed by atoms with van der Waals surface area (Å²) in [5.41, 5.74) is 2.66. The van der Waals surface area contributed by atoms with Crippen LogP contribution >= 0.6 is 0 Å². The summed E-state index contributed by atoms with van der Waals surface area (Å²) < 4.78 is 12.2. The summed E-state index contributed by atoms with van der Waals surface area (Å²) >= 11 is 0. The average molecular weight is 479 g/mol. The summed E-state index contributed by atoms with van der Waals surface area (Å²) in [5.74, 6) is 0.237. The number of furan rings is 1. The molecule has 1 aliphatic rings. The first kappa shape index (κ1) is 24.3. The molecule has 4 rings (SSSR count). The second-order valence-electron chi connectivity index (χ2n) is 8.63. The number of methoxy groups -OCH3 is 1. The first-order valence-corrected chi connectivity index (χ1v) is 11.6. The maximum Gasteiger partial charge on any atom is 0.289 e. The van der Waals surface area contributed by atoms with Crippen molar-refractivity contribution in [2.24, 2.45) is 0 Å². The van der Waals surface area contributed by atoms with E-state index in [1.54, 1.807) is 27.8 Å². The molecule has 184 valence electrons. The number of piperazine rings is 1. The van der Waals surface area contributed by atoms with E-state index in [-0.39, 0.29) is 29.5 Å². The number of aromatic nitrogens is 1. The van der Waals surface area contributed by atoms with Gasteiger partial charge in [0, 0.05) is 51.0 Å². The van der Waals surface area contributed by atoms with Crippen molar-refractivity contribution in [2.45, 2.75) is 26.6 Å². The van der Waals surface area contributed by atoms with Gasteiger partial charge in [0.15, 0.2) is 11.5 Å². The molecule has 0 bridgehead atoms. The number of hydrogen-bond donors (Lipinski definition) is 1. The zero-order valence-electron chi connectivity index (χ0n) is 20.0. The van der Waals surface area contributed by atoms with Crippen LogP contribution in [0, 0.1) is 6.92 Å². The van der Waals surface area contributed by atoms with Crippen molar-refractivity contribution in [1.82, 2.24) is 19.7 Å². The van der Waals surface area contributed by atoms with Crippen LogP contribution in [-0.4, -0.2) is 59.5 Å². The minimum atomic E-state index is -0.231. The normalized spacial score (nSPS) is 14.1. The zero-order valence-corrected chi connectivity index (χ0v) is 20.0. The summed E-state index contributed by atoms with van der Waals surface area (Å²) in [7, 11) is 1.44. The molecule has 2 aromatic heterocycles. The molecule has 1 aromatic carbocycles. The Morgan fingerprint density at radius 1 is 1.09 bits per heavy atom. The molecule has 1 N–H and O–H groups in total. The third kappa shape index (κ3) is 6.19. The molecule has 3 heterocycles. The molecule has 0 spiro atoms. The molecule has 1 aliphatic heterocycles. The summed E-state index contributed by atoms with van der Waals surface area (Å²) in [6.07, 6.45) is 3.07. The minimum Gasteiger partial charge on any atom is -0.491 e. The zero-order chi connectivity index (χ0) is 24.8. The van der Waals surface area contributed by atoms with E-state index in [0.29, 0.717) is 50.7 Å². The number of hydrogen-bond acceptors (Lipinski definition) is 6. The Morgan fingerprint density at radius 3 is 2.49 bits per heavy atom. The Morgan fingerprint density at radius 2 is 1.83 bits per heavy atom. The second-order valence-corrected chi connectivity index (χ2v) is 8.63. The third-order valence-electron chi connectivity index (χ3n) is 6.10. The summed E-state index contributed by atoms with van der Waals surface area (Å²) in [4.78, 5) is 41.6. The number of rotatable bonds is 8. The van der Waals surface area contributed by atoms with Crippen LogP contribution in [0.4, 0.5) is 0 Å². The lowest BCUT2D eigenvalue weighted by Crippen LogP contribution is -2.48. The van der Waals surface area contributed by atoms with Gasteiger partial charge >= 0.3 is 0 Å². The van der Waals surface area contributed by atoms with Crippen molar-refractivity contribution in [1.29, 1.82) is 0 Å². The lowest BCUT2D eigenvalue weighted by Gasteiger charge is -2.34. The largest absolute Gasteiger partial charge is 0.491 e. The molecule has 0 atom stereocenters. The van der Waals surface area contributed by atoms with Gasteiger partial charge in [-0.2, -0.15) is 0 Å². The Kier molecular flexibility index (Phi) is 7.67. The van der Waals surface area contributed by atoms with Crippen LogP contribution in [0.25, 0.3) is 0 Å². The number of ether oxygens (including phenoxy) is 1. The Balaban J connectivity index is 1.39. The number of carbonyl (C=O) groups is 2. The van der Waals surface area contributed by atoms with Crippen molar-refractivity contribution >= 4 is 11.8 Å². The predicted octanol–water partition coefficient (Wildman–Crippen LogP) is 2.03. The maximum atomic E-state index is 12.7. The molecule has 0 radical (unpaired) electrons. The van der Waals surface area contributed by atoms with Crippen LogP contribution in [-0.2, 0) is 24.4 Å². The summed E-state index contributed by atoms with van der Waals surface area (Å²) in [5, 5.41) is 2.94. The molecule has 0 aliphatic carbocycles. The fraction of sp³-hybridized carbons (Fsp3) is 0.346. The molecular formula is C26H30N4O5. The first-order valence-electron chi connectivity index (χ1n) is 11.6. The number of pyridine rings is 1. The quantitative estimate of drug-likeness (QED) is 0.532. The number of amides is 2. The van der Waals surface area contributed by atoms with Gasteiger partial charge in [0.25, 0.3) is 5.91 Å². The number of carbonyl (C=O) groups excluding carboxylic acids is 2. The highest BCUT2D eigenvalue weighted by Crippen LogP contribution is 2.14. The van der Waals surface area contributed by atoms with E-state index in [9.17, 15) is 14.4 Å². The highest BCUT2D eigenvalue weighted by Gasteiger charge is 2.24. The minimum absolute atomic E-state index is 0.0643. The number of aryl methyl sites for hydroxylation is 1. The second kappa shape index (κ2) is 11.1. The molecule has 35 heavy (non-hydrogen) atoms. The molecule has 0 saturated carbocycles. The van der Waals surface area contributed by atoms with Gasteiger partial charge in [0.2, 0.25) is 11.3 Å². The lowest BCUT2D eigenvalue weighted by molar-refractivity contribution is -0.121. The number of nitrogens with one attached hydrogen (secondary N) is 1. The number of benzene rings is 1. The van der Waals surface area contributed by atoms with Gasteiger partial charge in [-0.25, -0.2) is 0 Å². The summed E-state index contributed by atoms with van der Waals surface area (Å²) in [6, 6.07) is 12.9. The van der Waals surface area contributed by atoms with E-state index >= 15 is 0 Å². The third-order valence-corrected chi connectivity index (χ3v) is 6.10. The fourth-order valence-corrected chi connectivity index (χ4v) is 4.04. The van der Waals surface area contributed by atoms with Gasteiger partial charge in [-0.15, -0.1) is 0 Å². The van der Waals surface area contributed by atoms with Crippen LogP contribution in [0.5, 0.6) is 5.75 Å². The lowest BCUT2D eigenvalue weighted by atomic mass is 10.1. The maximum absolute atomic E-state index is 12.7. The van der Waals surface area contributed by atoms with Crippen LogP contribution < -0.4 is 15.5 Å². The van der Waals surface area contributed by atoms with Crippen LogP contribution in [0.15, 0.2) is 64.1 Å². The van der Waals surface area contributed by atoms with Crippen LogP contribution in [0.3, 0.4) is 0 Å². The average Bonchev–Trinajstić information content (AvgIpc) is 3.40. The molecule has 1 fully saturated rings. The van der Waals surface area contributed by atoms with Crippen LogP contribution in [0.1, 0.15) is 27.4 Å². The van der Waals surface area contributed by atoms with E-state index in [1.807, 2.05) is 31.2 Å². The van der Waals surface area contributed by atoms with E-state index in [0.717, 1.165) is 11.1 Å². The van der Waals surface area contributed by atoms with Crippen molar-refractivity contribution in [3.63, 3.8) is 0 Å². The van der Waals surface area contributed by atoms with Gasteiger partial charge in [-0.3, -0.25) is 19.3 Å². The Labute approximate surface area is 203 Å². The van der Waals surface area contributed by atoms with Crippen LogP contribution in [0.2, 0.25) is 0 Å². The van der Waals surface area contributed by atoms with Crippen molar-refractivity contribution in [2.75, 3.05) is 33.3 Å². The summed E-state index contributed by atoms with van der Waals surface area (Å²) in [6.45, 7) is 5.39. The van der Waals surface area contributed by atoms with Crippen molar-refractivity contribution in [3.8, 4) is 5.75 Å². The Hall–Kier alpha value is -3.85. The Bertz CT molecular complexity index is 1210. The first-order chi connectivity index (χ1) is 16.9. The SMILES string of the molecule is COc1cn(CC(=O)NCc2ccc(C)cc2)c(CN2CCN(C(=O)c3ccco3)CC2)cc1=O. The van der Waals surface area contributed by atoms with E-state index in [4.69, 9.17) is 9.15 Å². The van der Waals surface area contributed by atoms with Gasteiger partial charge in [0.1, 0.15) is 6.54 Å². The van der Waals surface area contributed by atoms with Gasteiger partial charge in [-0.05, 0) is 24.6 Å². The highest BCUT2D eigenvalue weighted by atomic mass is 16.5. The van der Waals surface area contributed by atoms with E-state index < -0.39 is 0 Å². The van der Waals surface area contributed by atoms with Crippen molar-refractivity contribution in [3.05, 3.63) is 87.7 Å². The fourth-order valence-electron chi connectivity index (χ4n) is 4.04. The molecule has 1 saturated heterocycles. The van der Waals surface area contributed by atoms with Gasteiger partial charge < -0.3 is 23.9 Å². The molecule has 9 heteroatoms. The standard InChI is InChI=1S/C26H30N4O5/c1-19-5-7-20(8-6-19)15-27-25(32)18-30-17-24(34-2)22(31)14-21(30)16-28-9-11-29(12-10-28)26(33)23-4-3-13-35-23/h3-8,13-14,17H,9-12,15-16,18H2,1-2H3,(H,27,32). The van der Waals surface area contributed by atoms with Gasteiger partial charge in [-0.1, -0.05) is 29.8 Å². The molecule has 9 nitrogen and oxygen atoms in total. The smallest absolute Gasteiger partial charge is 0.289 e. The molecule has 3 aromatic rings. The predicted molar refractivity (Wildman–Crippen MR) is 130 cm³/mol. The monoisotopic (exact) mass is 478 g/mol. The molecular weight excluding hydrogens is 448 g/mol. The molecule has 0 unspecified atom stereocenters. The van der Waals surface area contributed by atoms with Crippen molar-refractivity contribution < 1.29 is 18.7 Å². The topological polar surface area (TPSA) is 97.0 Å². The van der Waals surface area contributed by atoms with E-state index in [2.05, 4.69) is 10.2 Å². The number of nitrogens with zero attached hydrogens (tertiary/aromatic N) is 3. The van der Waals surface area contributed by atoms with Gasteiger partial charge in [0.05, 0.1) is 19.6 Å². The van der Waals surface area contributed by atoms with E-state index in [1.165, 1.54) is 19.4 Å². The molecule has 2 amide bonds. The highest BCUT2D eigenvalue weighted by molar-refractivity contribution is 5.91.